The largest absolute Gasteiger partial charge is 0.382 e. The van der Waals surface area contributed by atoms with Crippen molar-refractivity contribution in [1.82, 2.24) is 29.9 Å². The highest BCUT2D eigenvalue weighted by atomic mass is 16.1. The molecule has 0 aliphatic carbocycles. The van der Waals surface area contributed by atoms with Gasteiger partial charge in [0.05, 0.1) is 0 Å². The first-order chi connectivity index (χ1) is 10.3. The van der Waals surface area contributed by atoms with Gasteiger partial charge in [-0.25, -0.2) is 9.97 Å². The van der Waals surface area contributed by atoms with Crippen LogP contribution in [-0.4, -0.2) is 37.0 Å². The summed E-state index contributed by atoms with van der Waals surface area (Å²) in [6, 6.07) is 5.67. The molecule has 3 heterocycles. The number of hydrogen-bond acceptors (Lipinski definition) is 6. The maximum Gasteiger partial charge on any atom is 0.273 e. The van der Waals surface area contributed by atoms with Gasteiger partial charge in [-0.2, -0.15) is 0 Å². The van der Waals surface area contributed by atoms with E-state index in [-0.39, 0.29) is 17.4 Å². The van der Waals surface area contributed by atoms with Crippen molar-refractivity contribution in [3.63, 3.8) is 0 Å². The van der Waals surface area contributed by atoms with Gasteiger partial charge in [-0.15, -0.1) is 10.2 Å². The molecule has 0 saturated heterocycles. The predicted octanol–water partition coefficient (Wildman–Crippen LogP) is 0.0740. The van der Waals surface area contributed by atoms with Crippen LogP contribution in [0.4, 0.5) is 5.82 Å². The van der Waals surface area contributed by atoms with Crippen LogP contribution in [0.25, 0.3) is 5.65 Å². The van der Waals surface area contributed by atoms with E-state index in [1.54, 1.807) is 0 Å². The van der Waals surface area contributed by atoms with Gasteiger partial charge in [0.15, 0.2) is 17.2 Å². The zero-order valence-corrected chi connectivity index (χ0v) is 11.1. The van der Waals surface area contributed by atoms with Crippen LogP contribution in [0.1, 0.15) is 16.3 Å². The second-order valence-electron chi connectivity index (χ2n) is 4.34. The lowest BCUT2D eigenvalue weighted by molar-refractivity contribution is 0.0949. The molecule has 21 heavy (non-hydrogen) atoms. The van der Waals surface area contributed by atoms with E-state index < -0.39 is 0 Å². The molecule has 3 rings (SSSR count). The molecular formula is C13H13N7O. The molecule has 3 N–H and O–H groups in total. The molecule has 0 radical (unpaired) electrons. The molecule has 0 bridgehead atoms. The van der Waals surface area contributed by atoms with Crippen molar-refractivity contribution in [2.24, 2.45) is 0 Å². The number of hydrogen-bond donors (Lipinski definition) is 2. The van der Waals surface area contributed by atoms with E-state index in [1.807, 2.05) is 28.8 Å². The molecule has 0 aliphatic rings. The van der Waals surface area contributed by atoms with Gasteiger partial charge in [-0.1, -0.05) is 6.07 Å². The molecule has 0 aromatic carbocycles. The number of carbonyl (C=O) groups excluding carboxylic acids is 1. The first kappa shape index (κ1) is 13.0. The van der Waals surface area contributed by atoms with Gasteiger partial charge in [-0.05, 0) is 12.1 Å². The van der Waals surface area contributed by atoms with Crippen molar-refractivity contribution >= 4 is 17.4 Å². The van der Waals surface area contributed by atoms with Crippen LogP contribution in [0.5, 0.6) is 0 Å². The van der Waals surface area contributed by atoms with Gasteiger partial charge in [-0.3, -0.25) is 9.20 Å². The summed E-state index contributed by atoms with van der Waals surface area (Å²) in [4.78, 5) is 19.7. The molecule has 0 spiro atoms. The van der Waals surface area contributed by atoms with Gasteiger partial charge in [0.2, 0.25) is 0 Å². The lowest BCUT2D eigenvalue weighted by Gasteiger charge is -2.05. The number of fused-ring (bicyclic) bond motifs is 1. The van der Waals surface area contributed by atoms with Crippen molar-refractivity contribution in [1.29, 1.82) is 0 Å². The third-order valence-electron chi connectivity index (χ3n) is 2.96. The summed E-state index contributed by atoms with van der Waals surface area (Å²) in [5.74, 6) is 0.537. The highest BCUT2D eigenvalue weighted by Crippen LogP contribution is 2.04. The number of anilines is 1. The number of nitrogens with zero attached hydrogens (tertiary/aromatic N) is 5. The van der Waals surface area contributed by atoms with E-state index in [0.717, 1.165) is 11.5 Å². The van der Waals surface area contributed by atoms with Crippen molar-refractivity contribution in [2.75, 3.05) is 12.3 Å². The SMILES string of the molecule is Nc1nccnc1C(=O)NCCc1nnc2ccccn12. The van der Waals surface area contributed by atoms with Crippen LogP contribution in [0.2, 0.25) is 0 Å². The summed E-state index contributed by atoms with van der Waals surface area (Å²) >= 11 is 0. The number of pyridine rings is 1. The second kappa shape index (κ2) is 5.53. The van der Waals surface area contributed by atoms with Crippen LogP contribution in [0, 0.1) is 0 Å². The molecule has 0 atom stereocenters. The monoisotopic (exact) mass is 283 g/mol. The quantitative estimate of drug-likeness (QED) is 0.701. The van der Waals surface area contributed by atoms with Gasteiger partial charge in [0, 0.05) is 31.6 Å². The van der Waals surface area contributed by atoms with E-state index in [1.165, 1.54) is 12.4 Å². The number of nitrogens with one attached hydrogen (secondary N) is 1. The number of carbonyl (C=O) groups is 1. The predicted molar refractivity (Wildman–Crippen MR) is 75.5 cm³/mol. The van der Waals surface area contributed by atoms with E-state index in [9.17, 15) is 4.79 Å². The Balaban J connectivity index is 1.64. The van der Waals surface area contributed by atoms with E-state index in [4.69, 9.17) is 5.73 Å². The summed E-state index contributed by atoms with van der Waals surface area (Å²) in [5.41, 5.74) is 6.50. The fourth-order valence-corrected chi connectivity index (χ4v) is 1.96. The van der Waals surface area contributed by atoms with Gasteiger partial charge in [0.25, 0.3) is 5.91 Å². The van der Waals surface area contributed by atoms with Gasteiger partial charge >= 0.3 is 0 Å². The molecule has 1 amide bonds. The maximum absolute atomic E-state index is 11.9. The topological polar surface area (TPSA) is 111 Å². The third-order valence-corrected chi connectivity index (χ3v) is 2.96. The highest BCUT2D eigenvalue weighted by molar-refractivity contribution is 5.96. The summed E-state index contributed by atoms with van der Waals surface area (Å²) < 4.78 is 1.88. The van der Waals surface area contributed by atoms with Crippen LogP contribution >= 0.6 is 0 Å². The van der Waals surface area contributed by atoms with E-state index in [2.05, 4.69) is 25.5 Å². The summed E-state index contributed by atoms with van der Waals surface area (Å²) in [5, 5.41) is 10.9. The number of rotatable bonds is 4. The Morgan fingerprint density at radius 1 is 1.24 bits per heavy atom. The molecular weight excluding hydrogens is 270 g/mol. The van der Waals surface area contributed by atoms with Crippen LogP contribution in [0.3, 0.4) is 0 Å². The third kappa shape index (κ3) is 2.64. The Morgan fingerprint density at radius 2 is 2.10 bits per heavy atom. The average Bonchev–Trinajstić information content (AvgIpc) is 2.91. The zero-order chi connectivity index (χ0) is 14.7. The minimum Gasteiger partial charge on any atom is -0.382 e. The van der Waals surface area contributed by atoms with Crippen molar-refractivity contribution in [2.45, 2.75) is 6.42 Å². The molecule has 0 fully saturated rings. The first-order valence-corrected chi connectivity index (χ1v) is 6.39. The fourth-order valence-electron chi connectivity index (χ4n) is 1.96. The minimum absolute atomic E-state index is 0.114. The van der Waals surface area contributed by atoms with E-state index >= 15 is 0 Å². The maximum atomic E-state index is 11.9. The van der Waals surface area contributed by atoms with Gasteiger partial charge in [0.1, 0.15) is 5.82 Å². The summed E-state index contributed by atoms with van der Waals surface area (Å²) in [6.45, 7) is 0.407. The summed E-state index contributed by atoms with van der Waals surface area (Å²) in [6.07, 6.45) is 5.30. The number of amides is 1. The molecule has 3 aromatic heterocycles. The molecule has 0 aliphatic heterocycles. The first-order valence-electron chi connectivity index (χ1n) is 6.39. The Kier molecular flexibility index (Phi) is 3.42. The Bertz CT molecular complexity index is 783. The molecule has 8 nitrogen and oxygen atoms in total. The normalized spacial score (nSPS) is 10.7. The average molecular weight is 283 g/mol. The molecule has 0 saturated carbocycles. The van der Waals surface area contributed by atoms with Crippen molar-refractivity contribution < 1.29 is 4.79 Å². The molecule has 106 valence electrons. The summed E-state index contributed by atoms with van der Waals surface area (Å²) in [7, 11) is 0. The highest BCUT2D eigenvalue weighted by Gasteiger charge is 2.12. The zero-order valence-electron chi connectivity index (χ0n) is 11.1. The molecule has 3 aromatic rings. The van der Waals surface area contributed by atoms with Crippen LogP contribution in [-0.2, 0) is 6.42 Å². The molecule has 8 heteroatoms. The Morgan fingerprint density at radius 3 is 2.95 bits per heavy atom. The minimum atomic E-state index is -0.352. The Hall–Kier alpha value is -3.03. The lowest BCUT2D eigenvalue weighted by atomic mass is 10.3. The number of nitrogens with two attached hydrogens (primary N) is 1. The smallest absolute Gasteiger partial charge is 0.273 e. The standard InChI is InChI=1S/C13H13N7O/c14-12-11(15-6-7-16-12)13(21)17-5-4-10-19-18-9-3-1-2-8-20(9)10/h1-3,6-8H,4-5H2,(H2,14,16)(H,17,21). The lowest BCUT2D eigenvalue weighted by Crippen LogP contribution is -2.28. The van der Waals surface area contributed by atoms with Gasteiger partial charge < -0.3 is 11.1 Å². The van der Waals surface area contributed by atoms with Crippen LogP contribution in [0.15, 0.2) is 36.8 Å². The molecule has 0 unspecified atom stereocenters. The van der Waals surface area contributed by atoms with E-state index in [0.29, 0.717) is 13.0 Å². The number of aromatic nitrogens is 5. The second-order valence-corrected chi connectivity index (χ2v) is 4.34. The number of nitrogen functional groups attached to an aromatic ring is 1. The van der Waals surface area contributed by atoms with Crippen molar-refractivity contribution in [3.8, 4) is 0 Å². The van der Waals surface area contributed by atoms with Crippen molar-refractivity contribution in [3.05, 3.63) is 48.3 Å². The fraction of sp³-hybridized carbons (Fsp3) is 0.154. The Labute approximate surface area is 120 Å². The van der Waals surface area contributed by atoms with Crippen LogP contribution < -0.4 is 11.1 Å².